The van der Waals surface area contributed by atoms with Gasteiger partial charge in [-0.1, -0.05) is 17.7 Å². The highest BCUT2D eigenvalue weighted by Gasteiger charge is 2.34. The van der Waals surface area contributed by atoms with Crippen LogP contribution in [0.1, 0.15) is 24.0 Å². The average Bonchev–Trinajstić information content (AvgIpc) is 2.68. The number of benzene rings is 2. The van der Waals surface area contributed by atoms with Crippen LogP contribution < -0.4 is 5.32 Å². The fourth-order valence-corrected chi connectivity index (χ4v) is 4.74. The van der Waals surface area contributed by atoms with Crippen LogP contribution in [0.4, 0.5) is 18.9 Å². The van der Waals surface area contributed by atoms with Crippen LogP contribution >= 0.6 is 0 Å². The molecule has 3 rings (SSSR count). The molecule has 1 saturated heterocycles. The van der Waals surface area contributed by atoms with Gasteiger partial charge in [0.15, 0.2) is 0 Å². The zero-order valence-corrected chi connectivity index (χ0v) is 16.6. The largest absolute Gasteiger partial charge is 0.416 e. The van der Waals surface area contributed by atoms with Crippen molar-refractivity contribution in [1.82, 2.24) is 4.31 Å². The van der Waals surface area contributed by atoms with Gasteiger partial charge < -0.3 is 5.32 Å². The number of anilines is 1. The van der Waals surface area contributed by atoms with Crippen LogP contribution in [-0.2, 0) is 21.0 Å². The van der Waals surface area contributed by atoms with Crippen molar-refractivity contribution in [2.24, 2.45) is 5.92 Å². The molecule has 1 fully saturated rings. The summed E-state index contributed by atoms with van der Waals surface area (Å²) in [5, 5.41) is 2.58. The lowest BCUT2D eigenvalue weighted by Gasteiger charge is -2.31. The Hall–Kier alpha value is -2.39. The Balaban J connectivity index is 1.68. The predicted octanol–water partition coefficient (Wildman–Crippen LogP) is 4.05. The Morgan fingerprint density at radius 2 is 1.69 bits per heavy atom. The molecule has 2 aromatic rings. The quantitative estimate of drug-likeness (QED) is 0.802. The van der Waals surface area contributed by atoms with Gasteiger partial charge in [0.25, 0.3) is 0 Å². The second-order valence-corrected chi connectivity index (χ2v) is 9.02. The van der Waals surface area contributed by atoms with Gasteiger partial charge >= 0.3 is 6.18 Å². The van der Waals surface area contributed by atoms with Crippen LogP contribution in [0.25, 0.3) is 0 Å². The molecule has 0 aliphatic carbocycles. The summed E-state index contributed by atoms with van der Waals surface area (Å²) < 4.78 is 64.9. The molecule has 0 radical (unpaired) electrons. The summed E-state index contributed by atoms with van der Waals surface area (Å²) in [6.45, 7) is 2.21. The van der Waals surface area contributed by atoms with Gasteiger partial charge in [-0.25, -0.2) is 8.42 Å². The molecule has 5 nitrogen and oxygen atoms in total. The van der Waals surface area contributed by atoms with E-state index in [0.717, 1.165) is 17.7 Å². The zero-order chi connectivity index (χ0) is 21.2. The predicted molar refractivity (Wildman–Crippen MR) is 103 cm³/mol. The number of carbonyl (C=O) groups is 1. The summed E-state index contributed by atoms with van der Waals surface area (Å²) in [4.78, 5) is 12.7. The number of halogens is 3. The number of amides is 1. The van der Waals surface area contributed by atoms with Crippen molar-refractivity contribution in [3.63, 3.8) is 0 Å². The van der Waals surface area contributed by atoms with E-state index in [9.17, 15) is 26.4 Å². The van der Waals surface area contributed by atoms with E-state index in [1.165, 1.54) is 28.6 Å². The molecule has 0 bridgehead atoms. The van der Waals surface area contributed by atoms with E-state index in [1.807, 2.05) is 6.92 Å². The molecule has 2 aromatic carbocycles. The fraction of sp³-hybridized carbons (Fsp3) is 0.350. The molecule has 1 aliphatic rings. The highest BCUT2D eigenvalue weighted by atomic mass is 32.2. The topological polar surface area (TPSA) is 66.5 Å². The Morgan fingerprint density at radius 1 is 1.07 bits per heavy atom. The number of hydrogen-bond acceptors (Lipinski definition) is 3. The Morgan fingerprint density at radius 3 is 2.28 bits per heavy atom. The second kappa shape index (κ2) is 8.16. The number of sulfonamides is 1. The maximum absolute atomic E-state index is 12.8. The van der Waals surface area contributed by atoms with E-state index in [2.05, 4.69) is 5.32 Å². The molecule has 1 heterocycles. The van der Waals surface area contributed by atoms with Crippen LogP contribution in [0.2, 0.25) is 0 Å². The van der Waals surface area contributed by atoms with E-state index < -0.39 is 33.6 Å². The van der Waals surface area contributed by atoms with Crippen molar-refractivity contribution in [3.05, 3.63) is 59.7 Å². The third-order valence-corrected chi connectivity index (χ3v) is 6.77. The van der Waals surface area contributed by atoms with Crippen LogP contribution in [-0.4, -0.2) is 31.7 Å². The SMILES string of the molecule is Cc1ccc(S(=O)(=O)N2CCC[C@@H](C(=O)Nc3ccc(C(F)(F)F)cc3)C2)cc1. The second-order valence-electron chi connectivity index (χ2n) is 7.08. The van der Waals surface area contributed by atoms with Gasteiger partial charge in [-0.3, -0.25) is 4.79 Å². The molecule has 0 saturated carbocycles. The van der Waals surface area contributed by atoms with Gasteiger partial charge in [0.1, 0.15) is 0 Å². The molecule has 1 amide bonds. The summed E-state index contributed by atoms with van der Waals surface area (Å²) in [5.74, 6) is -0.986. The zero-order valence-electron chi connectivity index (χ0n) is 15.7. The number of carbonyl (C=O) groups excluding carboxylic acids is 1. The lowest BCUT2D eigenvalue weighted by Crippen LogP contribution is -2.43. The van der Waals surface area contributed by atoms with E-state index in [4.69, 9.17) is 0 Å². The van der Waals surface area contributed by atoms with E-state index in [1.54, 1.807) is 12.1 Å². The number of piperidine rings is 1. The van der Waals surface area contributed by atoms with E-state index >= 15 is 0 Å². The molecule has 29 heavy (non-hydrogen) atoms. The molecule has 156 valence electrons. The van der Waals surface area contributed by atoms with Crippen molar-refractivity contribution in [3.8, 4) is 0 Å². The van der Waals surface area contributed by atoms with Crippen molar-refractivity contribution in [2.75, 3.05) is 18.4 Å². The van der Waals surface area contributed by atoms with Gasteiger partial charge in [0, 0.05) is 18.8 Å². The number of nitrogens with one attached hydrogen (secondary N) is 1. The smallest absolute Gasteiger partial charge is 0.326 e. The minimum atomic E-state index is -4.45. The van der Waals surface area contributed by atoms with Crippen molar-refractivity contribution >= 4 is 21.6 Å². The first-order chi connectivity index (χ1) is 13.6. The Labute approximate surface area is 167 Å². The molecule has 0 aromatic heterocycles. The fourth-order valence-electron chi connectivity index (χ4n) is 3.22. The maximum atomic E-state index is 12.8. The third kappa shape index (κ3) is 4.97. The Bertz CT molecular complexity index is 972. The van der Waals surface area contributed by atoms with E-state index in [0.29, 0.717) is 19.4 Å². The lowest BCUT2D eigenvalue weighted by atomic mass is 9.98. The van der Waals surface area contributed by atoms with Gasteiger partial charge in [-0.2, -0.15) is 17.5 Å². The van der Waals surface area contributed by atoms with Gasteiger partial charge in [0.2, 0.25) is 15.9 Å². The minimum absolute atomic E-state index is 0.0304. The van der Waals surface area contributed by atoms with Crippen LogP contribution in [0.15, 0.2) is 53.4 Å². The van der Waals surface area contributed by atoms with Crippen LogP contribution in [0.3, 0.4) is 0 Å². The molecule has 1 aliphatic heterocycles. The van der Waals surface area contributed by atoms with Gasteiger partial charge in [0.05, 0.1) is 16.4 Å². The molecule has 0 unspecified atom stereocenters. The van der Waals surface area contributed by atoms with Crippen molar-refractivity contribution in [2.45, 2.75) is 30.8 Å². The number of hydrogen-bond donors (Lipinski definition) is 1. The van der Waals surface area contributed by atoms with Gasteiger partial charge in [-0.15, -0.1) is 0 Å². The summed E-state index contributed by atoms with van der Waals surface area (Å²) in [6.07, 6.45) is -3.42. The number of rotatable bonds is 4. The van der Waals surface area contributed by atoms with Crippen molar-refractivity contribution < 1.29 is 26.4 Å². The summed E-state index contributed by atoms with van der Waals surface area (Å²) in [6, 6.07) is 10.7. The molecule has 0 spiro atoms. The summed E-state index contributed by atoms with van der Waals surface area (Å²) >= 11 is 0. The number of nitrogens with zero attached hydrogens (tertiary/aromatic N) is 1. The molecular formula is C20H21F3N2O3S. The third-order valence-electron chi connectivity index (χ3n) is 4.89. The monoisotopic (exact) mass is 426 g/mol. The average molecular weight is 426 g/mol. The first-order valence-corrected chi connectivity index (χ1v) is 10.6. The number of alkyl halides is 3. The summed E-state index contributed by atoms with van der Waals surface area (Å²) in [5.41, 5.74) is 0.376. The normalized spacial score (nSPS) is 18.4. The molecule has 9 heteroatoms. The maximum Gasteiger partial charge on any atom is 0.416 e. The minimum Gasteiger partial charge on any atom is -0.326 e. The molecule has 1 N–H and O–H groups in total. The van der Waals surface area contributed by atoms with Crippen molar-refractivity contribution in [1.29, 1.82) is 0 Å². The Kier molecular flexibility index (Phi) is 6.00. The van der Waals surface area contributed by atoms with Crippen LogP contribution in [0.5, 0.6) is 0 Å². The highest BCUT2D eigenvalue weighted by molar-refractivity contribution is 7.89. The van der Waals surface area contributed by atoms with Gasteiger partial charge in [-0.05, 0) is 56.2 Å². The lowest BCUT2D eigenvalue weighted by molar-refractivity contribution is -0.137. The van der Waals surface area contributed by atoms with E-state index in [-0.39, 0.29) is 17.1 Å². The van der Waals surface area contributed by atoms with Crippen LogP contribution in [0, 0.1) is 12.8 Å². The first-order valence-electron chi connectivity index (χ1n) is 9.12. The number of aryl methyl sites for hydroxylation is 1. The first kappa shape index (κ1) is 21.3. The standard InChI is InChI=1S/C20H21F3N2O3S/c1-14-4-10-18(11-5-14)29(27,28)25-12-2-3-15(13-25)19(26)24-17-8-6-16(7-9-17)20(21,22)23/h4-11,15H,2-3,12-13H2,1H3,(H,24,26)/t15-/m1/s1. The molecular weight excluding hydrogens is 405 g/mol. The highest BCUT2D eigenvalue weighted by Crippen LogP contribution is 2.30. The molecule has 1 atom stereocenters. The summed E-state index contributed by atoms with van der Waals surface area (Å²) in [7, 11) is -3.71.